The lowest BCUT2D eigenvalue weighted by molar-refractivity contribution is -0.0778. The van der Waals surface area contributed by atoms with E-state index in [0.717, 1.165) is 30.1 Å². The van der Waals surface area contributed by atoms with Crippen LogP contribution in [0, 0.1) is 13.8 Å². The number of rotatable bonds is 5. The summed E-state index contributed by atoms with van der Waals surface area (Å²) >= 11 is 0. The Morgan fingerprint density at radius 2 is 2.00 bits per heavy atom. The van der Waals surface area contributed by atoms with Gasteiger partial charge in [-0.15, -0.1) is 0 Å². The van der Waals surface area contributed by atoms with Gasteiger partial charge in [0.25, 0.3) is 0 Å². The molecule has 1 fully saturated rings. The fraction of sp³-hybridized carbons (Fsp3) is 0.765. The van der Waals surface area contributed by atoms with Gasteiger partial charge in [-0.1, -0.05) is 5.16 Å². The number of amides is 2. The molecule has 0 bridgehead atoms. The van der Waals surface area contributed by atoms with Gasteiger partial charge in [0.1, 0.15) is 5.76 Å². The molecule has 0 aromatic carbocycles. The minimum absolute atomic E-state index is 0.0868. The highest BCUT2D eigenvalue weighted by atomic mass is 16.5. The van der Waals surface area contributed by atoms with Crippen molar-refractivity contribution in [1.29, 1.82) is 0 Å². The van der Waals surface area contributed by atoms with Gasteiger partial charge in [0.2, 0.25) is 0 Å². The van der Waals surface area contributed by atoms with Crippen molar-refractivity contribution < 1.29 is 14.1 Å². The average molecular weight is 338 g/mol. The fourth-order valence-electron chi connectivity index (χ4n) is 3.11. The predicted molar refractivity (Wildman–Crippen MR) is 91.9 cm³/mol. The number of hydrogen-bond donors (Lipinski definition) is 1. The molecular weight excluding hydrogens is 308 g/mol. The molecule has 0 unspecified atom stereocenters. The first kappa shape index (κ1) is 18.7. The highest BCUT2D eigenvalue weighted by molar-refractivity contribution is 5.73. The first-order chi connectivity index (χ1) is 11.3. The van der Waals surface area contributed by atoms with Gasteiger partial charge in [-0.3, -0.25) is 4.90 Å². The van der Waals surface area contributed by atoms with E-state index >= 15 is 0 Å². The van der Waals surface area contributed by atoms with Crippen molar-refractivity contribution in [3.05, 3.63) is 17.0 Å². The molecule has 1 aliphatic rings. The zero-order valence-corrected chi connectivity index (χ0v) is 15.6. The monoisotopic (exact) mass is 338 g/mol. The highest BCUT2D eigenvalue weighted by Gasteiger charge is 2.26. The molecule has 3 atom stereocenters. The molecule has 2 amide bonds. The smallest absolute Gasteiger partial charge is 0.317 e. The summed E-state index contributed by atoms with van der Waals surface area (Å²) in [7, 11) is 1.78. The lowest BCUT2D eigenvalue weighted by atomic mass is 10.1. The third-order valence-electron chi connectivity index (χ3n) is 4.54. The zero-order valence-electron chi connectivity index (χ0n) is 15.6. The van der Waals surface area contributed by atoms with E-state index in [9.17, 15) is 4.79 Å². The van der Waals surface area contributed by atoms with E-state index in [4.69, 9.17) is 9.26 Å². The lowest BCUT2D eigenvalue weighted by Crippen LogP contribution is -2.53. The number of urea groups is 1. The maximum Gasteiger partial charge on any atom is 0.317 e. The topological polar surface area (TPSA) is 70.8 Å². The van der Waals surface area contributed by atoms with E-state index in [1.54, 1.807) is 11.9 Å². The fourth-order valence-corrected chi connectivity index (χ4v) is 3.11. The van der Waals surface area contributed by atoms with Crippen LogP contribution in [0.5, 0.6) is 0 Å². The van der Waals surface area contributed by atoms with Crippen LogP contribution in [0.1, 0.15) is 37.8 Å². The SMILES string of the molecule is Cc1noc(C)c1CN(C)C(=O)NC[C@@H](C)N1C[C@@H](C)O[C@@H](C)C1. The zero-order chi connectivity index (χ0) is 17.9. The van der Waals surface area contributed by atoms with Crippen LogP contribution in [0.4, 0.5) is 4.79 Å². The molecule has 1 aliphatic heterocycles. The number of ether oxygens (including phenoxy) is 1. The second-order valence-corrected chi connectivity index (χ2v) is 6.91. The van der Waals surface area contributed by atoms with E-state index in [-0.39, 0.29) is 24.3 Å². The largest absolute Gasteiger partial charge is 0.373 e. The minimum atomic E-state index is -0.0868. The lowest BCUT2D eigenvalue weighted by Gasteiger charge is -2.39. The second kappa shape index (κ2) is 7.98. The van der Waals surface area contributed by atoms with Gasteiger partial charge >= 0.3 is 6.03 Å². The number of carbonyl (C=O) groups excluding carboxylic acids is 1. The van der Waals surface area contributed by atoms with E-state index < -0.39 is 0 Å². The van der Waals surface area contributed by atoms with Gasteiger partial charge in [0, 0.05) is 38.3 Å². The van der Waals surface area contributed by atoms with Crippen molar-refractivity contribution in [2.45, 2.75) is 59.4 Å². The Labute approximate surface area is 144 Å². The molecule has 1 saturated heterocycles. The summed E-state index contributed by atoms with van der Waals surface area (Å²) in [5, 5.41) is 6.94. The number of morpholine rings is 1. The van der Waals surface area contributed by atoms with Crippen LogP contribution in [0.3, 0.4) is 0 Å². The molecule has 0 aliphatic carbocycles. The quantitative estimate of drug-likeness (QED) is 0.888. The average Bonchev–Trinajstić information content (AvgIpc) is 2.83. The molecule has 7 nitrogen and oxygen atoms in total. The predicted octanol–water partition coefficient (Wildman–Crippen LogP) is 1.93. The van der Waals surface area contributed by atoms with E-state index in [1.165, 1.54) is 0 Å². The van der Waals surface area contributed by atoms with E-state index in [2.05, 4.69) is 36.1 Å². The summed E-state index contributed by atoms with van der Waals surface area (Å²) in [5.74, 6) is 0.761. The van der Waals surface area contributed by atoms with E-state index in [1.807, 2.05) is 13.8 Å². The summed E-state index contributed by atoms with van der Waals surface area (Å²) < 4.78 is 10.9. The number of nitrogens with one attached hydrogen (secondary N) is 1. The number of nitrogens with zero attached hydrogens (tertiary/aromatic N) is 3. The van der Waals surface area contributed by atoms with Crippen LogP contribution in [0.2, 0.25) is 0 Å². The van der Waals surface area contributed by atoms with Crippen LogP contribution >= 0.6 is 0 Å². The van der Waals surface area contributed by atoms with Crippen LogP contribution in [-0.2, 0) is 11.3 Å². The van der Waals surface area contributed by atoms with Gasteiger partial charge in [-0.25, -0.2) is 4.79 Å². The van der Waals surface area contributed by atoms with Crippen molar-refractivity contribution in [3.63, 3.8) is 0 Å². The molecule has 24 heavy (non-hydrogen) atoms. The van der Waals surface area contributed by atoms with Gasteiger partial charge < -0.3 is 19.5 Å². The Hall–Kier alpha value is -1.60. The number of hydrogen-bond acceptors (Lipinski definition) is 5. The summed E-state index contributed by atoms with van der Waals surface area (Å²) in [6, 6.07) is 0.187. The second-order valence-electron chi connectivity index (χ2n) is 6.91. The first-order valence-corrected chi connectivity index (χ1v) is 8.58. The summed E-state index contributed by atoms with van der Waals surface area (Å²) in [5.41, 5.74) is 1.80. The van der Waals surface area contributed by atoms with Crippen LogP contribution in [0.15, 0.2) is 4.52 Å². The molecular formula is C17H30N4O3. The Kier molecular flexibility index (Phi) is 6.23. The van der Waals surface area contributed by atoms with Crippen molar-refractivity contribution in [2.75, 3.05) is 26.7 Å². The van der Waals surface area contributed by atoms with E-state index in [0.29, 0.717) is 13.1 Å². The third kappa shape index (κ3) is 4.70. The van der Waals surface area contributed by atoms with Gasteiger partial charge in [-0.05, 0) is 34.6 Å². The van der Waals surface area contributed by atoms with Crippen LogP contribution < -0.4 is 5.32 Å². The molecule has 1 aromatic rings. The summed E-state index contributed by atoms with van der Waals surface area (Å²) in [6.45, 7) is 13.0. The van der Waals surface area contributed by atoms with Gasteiger partial charge in [0.15, 0.2) is 0 Å². The Morgan fingerprint density at radius 3 is 2.54 bits per heavy atom. The molecule has 2 rings (SSSR count). The Balaban J connectivity index is 1.81. The van der Waals surface area contributed by atoms with Crippen molar-refractivity contribution in [1.82, 2.24) is 20.3 Å². The first-order valence-electron chi connectivity index (χ1n) is 8.58. The van der Waals surface area contributed by atoms with Crippen molar-refractivity contribution in [3.8, 4) is 0 Å². The molecule has 1 aromatic heterocycles. The maximum atomic E-state index is 12.3. The summed E-state index contributed by atoms with van der Waals surface area (Å²) in [4.78, 5) is 16.4. The standard InChI is InChI=1S/C17H30N4O3/c1-11(21-8-12(2)23-13(3)9-21)7-18-17(22)20(6)10-16-14(4)19-24-15(16)5/h11-13H,7-10H2,1-6H3,(H,18,22)/t11-,12-,13+/m1/s1. The van der Waals surface area contributed by atoms with Gasteiger partial charge in [0.05, 0.1) is 24.4 Å². The third-order valence-corrected chi connectivity index (χ3v) is 4.54. The number of carbonyl (C=O) groups is 1. The highest BCUT2D eigenvalue weighted by Crippen LogP contribution is 2.15. The molecule has 0 radical (unpaired) electrons. The van der Waals surface area contributed by atoms with Crippen molar-refractivity contribution in [2.24, 2.45) is 0 Å². The van der Waals surface area contributed by atoms with Crippen LogP contribution in [0.25, 0.3) is 0 Å². The molecule has 7 heteroatoms. The van der Waals surface area contributed by atoms with Crippen molar-refractivity contribution >= 4 is 6.03 Å². The molecule has 1 N–H and O–H groups in total. The Bertz CT molecular complexity index is 531. The van der Waals surface area contributed by atoms with Crippen LogP contribution in [-0.4, -0.2) is 65.9 Å². The molecule has 0 saturated carbocycles. The normalized spacial score (nSPS) is 23.1. The minimum Gasteiger partial charge on any atom is -0.373 e. The van der Waals surface area contributed by atoms with Gasteiger partial charge in [-0.2, -0.15) is 0 Å². The Morgan fingerprint density at radius 1 is 1.38 bits per heavy atom. The molecule has 0 spiro atoms. The molecule has 2 heterocycles. The summed E-state index contributed by atoms with van der Waals surface area (Å²) in [6.07, 6.45) is 0.461. The maximum absolute atomic E-state index is 12.3. The number of aryl methyl sites for hydroxylation is 2. The molecule has 136 valence electrons. The number of aromatic nitrogens is 1.